The Hall–Kier alpha value is -2.54. The van der Waals surface area contributed by atoms with Crippen LogP contribution in [0.3, 0.4) is 0 Å². The molecular weight excluding hydrogens is 340 g/mol. The molecule has 132 valence electrons. The minimum Gasteiger partial charge on any atom is -0.497 e. The number of nitrogens with zero attached hydrogens (tertiary/aromatic N) is 1. The smallest absolute Gasteiger partial charge is 0.251 e. The van der Waals surface area contributed by atoms with Gasteiger partial charge in [-0.3, -0.25) is 9.10 Å². The van der Waals surface area contributed by atoms with Gasteiger partial charge >= 0.3 is 0 Å². The van der Waals surface area contributed by atoms with Crippen LogP contribution < -0.4 is 14.4 Å². The number of methoxy groups -OCH3 is 1. The summed E-state index contributed by atoms with van der Waals surface area (Å²) in [6.45, 7) is 0.899. The van der Waals surface area contributed by atoms with E-state index in [1.54, 1.807) is 31.4 Å². The monoisotopic (exact) mass is 360 g/mol. The fourth-order valence-corrected chi connectivity index (χ4v) is 4.30. The van der Waals surface area contributed by atoms with Gasteiger partial charge in [-0.25, -0.2) is 8.42 Å². The predicted octanol–water partition coefficient (Wildman–Crippen LogP) is 2.17. The molecule has 0 aliphatic carbocycles. The van der Waals surface area contributed by atoms with Crippen LogP contribution in [0.2, 0.25) is 0 Å². The lowest BCUT2D eigenvalue weighted by Gasteiger charge is -2.17. The molecule has 2 aromatic rings. The Morgan fingerprint density at radius 3 is 2.36 bits per heavy atom. The number of carbonyl (C=O) groups excluding carboxylic acids is 1. The van der Waals surface area contributed by atoms with Crippen molar-refractivity contribution in [1.82, 2.24) is 5.32 Å². The number of anilines is 1. The summed E-state index contributed by atoms with van der Waals surface area (Å²) in [5.74, 6) is 0.742. The molecule has 6 nitrogen and oxygen atoms in total. The second-order valence-electron chi connectivity index (χ2n) is 5.82. The molecule has 0 spiro atoms. The summed E-state index contributed by atoms with van der Waals surface area (Å²) in [5.41, 5.74) is 2.06. The van der Waals surface area contributed by atoms with Crippen LogP contribution in [0.15, 0.2) is 48.5 Å². The van der Waals surface area contributed by atoms with Crippen LogP contribution in [0.5, 0.6) is 5.75 Å². The fourth-order valence-electron chi connectivity index (χ4n) is 2.74. The first-order valence-electron chi connectivity index (χ1n) is 8.01. The predicted molar refractivity (Wildman–Crippen MR) is 96.4 cm³/mol. The van der Waals surface area contributed by atoms with E-state index in [9.17, 15) is 13.2 Å². The number of nitrogens with one attached hydrogen (secondary N) is 1. The Balaban J connectivity index is 1.62. The van der Waals surface area contributed by atoms with Gasteiger partial charge in [0.1, 0.15) is 5.75 Å². The highest BCUT2D eigenvalue weighted by Crippen LogP contribution is 2.24. The lowest BCUT2D eigenvalue weighted by molar-refractivity contribution is 0.0951. The van der Waals surface area contributed by atoms with Crippen LogP contribution in [0.1, 0.15) is 22.3 Å². The Morgan fingerprint density at radius 2 is 1.80 bits per heavy atom. The summed E-state index contributed by atoms with van der Waals surface area (Å²) >= 11 is 0. The van der Waals surface area contributed by atoms with Gasteiger partial charge in [-0.1, -0.05) is 12.1 Å². The number of benzene rings is 2. The van der Waals surface area contributed by atoms with Crippen molar-refractivity contribution in [2.45, 2.75) is 13.0 Å². The van der Waals surface area contributed by atoms with Gasteiger partial charge < -0.3 is 10.1 Å². The van der Waals surface area contributed by atoms with E-state index >= 15 is 0 Å². The van der Waals surface area contributed by atoms with E-state index < -0.39 is 10.0 Å². The van der Waals surface area contributed by atoms with Crippen LogP contribution in [0.4, 0.5) is 5.69 Å². The van der Waals surface area contributed by atoms with Gasteiger partial charge in [-0.15, -0.1) is 0 Å². The maximum Gasteiger partial charge on any atom is 0.251 e. The van der Waals surface area contributed by atoms with E-state index in [0.29, 0.717) is 30.8 Å². The molecule has 7 heteroatoms. The van der Waals surface area contributed by atoms with Crippen LogP contribution in [0.25, 0.3) is 0 Å². The fraction of sp³-hybridized carbons (Fsp3) is 0.278. The highest BCUT2D eigenvalue weighted by molar-refractivity contribution is 7.93. The molecular formula is C18H20N2O4S. The summed E-state index contributed by atoms with van der Waals surface area (Å²) in [6.07, 6.45) is 0.631. The van der Waals surface area contributed by atoms with E-state index in [2.05, 4.69) is 5.32 Å². The number of ether oxygens (including phenoxy) is 1. The molecule has 0 bridgehead atoms. The van der Waals surface area contributed by atoms with Crippen molar-refractivity contribution in [3.05, 3.63) is 59.7 Å². The molecule has 0 unspecified atom stereocenters. The van der Waals surface area contributed by atoms with Crippen molar-refractivity contribution in [2.24, 2.45) is 0 Å². The van der Waals surface area contributed by atoms with Gasteiger partial charge in [-0.2, -0.15) is 0 Å². The molecule has 1 N–H and O–H groups in total. The average Bonchev–Trinajstić information content (AvgIpc) is 2.99. The summed E-state index contributed by atoms with van der Waals surface area (Å²) < 4.78 is 30.3. The zero-order valence-electron chi connectivity index (χ0n) is 13.9. The molecule has 3 rings (SSSR count). The Kier molecular flexibility index (Phi) is 4.94. The highest BCUT2D eigenvalue weighted by Gasteiger charge is 2.28. The lowest BCUT2D eigenvalue weighted by Crippen LogP contribution is -2.25. The van der Waals surface area contributed by atoms with Crippen LogP contribution >= 0.6 is 0 Å². The molecule has 25 heavy (non-hydrogen) atoms. The average molecular weight is 360 g/mol. The van der Waals surface area contributed by atoms with E-state index in [4.69, 9.17) is 4.74 Å². The van der Waals surface area contributed by atoms with Crippen molar-refractivity contribution in [3.63, 3.8) is 0 Å². The van der Waals surface area contributed by atoms with Crippen molar-refractivity contribution in [2.75, 3.05) is 23.7 Å². The molecule has 1 saturated heterocycles. The maximum atomic E-state index is 12.2. The molecule has 0 saturated carbocycles. The van der Waals surface area contributed by atoms with Gasteiger partial charge in [0.05, 0.1) is 18.6 Å². The van der Waals surface area contributed by atoms with Crippen LogP contribution in [0, 0.1) is 0 Å². The van der Waals surface area contributed by atoms with Crippen molar-refractivity contribution in [3.8, 4) is 5.75 Å². The molecule has 0 radical (unpaired) electrons. The normalized spacial score (nSPS) is 15.8. The molecule has 2 aromatic carbocycles. The van der Waals surface area contributed by atoms with Crippen molar-refractivity contribution >= 4 is 21.6 Å². The molecule has 0 aromatic heterocycles. The van der Waals surface area contributed by atoms with Crippen LogP contribution in [-0.2, 0) is 16.6 Å². The SMILES string of the molecule is COc1ccc(CNC(=O)c2ccc(N3CCCS3(=O)=O)cc2)cc1. The zero-order valence-corrected chi connectivity index (χ0v) is 14.8. The molecule has 1 aliphatic rings. The highest BCUT2D eigenvalue weighted by atomic mass is 32.2. The number of rotatable bonds is 5. The first kappa shape index (κ1) is 17.3. The van der Waals surface area contributed by atoms with E-state index in [1.165, 1.54) is 4.31 Å². The lowest BCUT2D eigenvalue weighted by atomic mass is 10.1. The second kappa shape index (κ2) is 7.14. The third-order valence-corrected chi connectivity index (χ3v) is 6.00. The van der Waals surface area contributed by atoms with Gasteiger partial charge in [0.15, 0.2) is 0 Å². The number of amides is 1. The second-order valence-corrected chi connectivity index (χ2v) is 7.83. The Labute approximate surface area is 147 Å². The minimum atomic E-state index is -3.20. The number of carbonyl (C=O) groups is 1. The van der Waals surface area contributed by atoms with Gasteiger partial charge in [0.25, 0.3) is 5.91 Å². The number of sulfonamides is 1. The first-order chi connectivity index (χ1) is 12.0. The summed E-state index contributed by atoms with van der Waals surface area (Å²) in [6, 6.07) is 14.1. The summed E-state index contributed by atoms with van der Waals surface area (Å²) in [5, 5.41) is 2.85. The topological polar surface area (TPSA) is 75.7 Å². The third kappa shape index (κ3) is 3.93. The largest absolute Gasteiger partial charge is 0.497 e. The maximum absolute atomic E-state index is 12.2. The third-order valence-electron chi connectivity index (χ3n) is 4.13. The zero-order chi connectivity index (χ0) is 17.9. The molecule has 1 heterocycles. The standard InChI is InChI=1S/C18H20N2O4S/c1-24-17-9-3-14(4-10-17)13-19-18(21)15-5-7-16(8-6-15)20-11-2-12-25(20,22)23/h3-10H,2,11-13H2,1H3,(H,19,21). The molecule has 1 amide bonds. The van der Waals surface area contributed by atoms with Crippen LogP contribution in [-0.4, -0.2) is 33.7 Å². The van der Waals surface area contributed by atoms with E-state index in [1.807, 2.05) is 24.3 Å². The summed E-state index contributed by atoms with van der Waals surface area (Å²) in [7, 11) is -1.60. The Morgan fingerprint density at radius 1 is 1.12 bits per heavy atom. The van der Waals surface area contributed by atoms with Gasteiger partial charge in [0.2, 0.25) is 10.0 Å². The number of hydrogen-bond donors (Lipinski definition) is 1. The summed E-state index contributed by atoms with van der Waals surface area (Å²) in [4.78, 5) is 12.2. The van der Waals surface area contributed by atoms with E-state index in [-0.39, 0.29) is 11.7 Å². The molecule has 1 aliphatic heterocycles. The van der Waals surface area contributed by atoms with Gasteiger partial charge in [-0.05, 0) is 48.4 Å². The quantitative estimate of drug-likeness (QED) is 0.887. The first-order valence-corrected chi connectivity index (χ1v) is 9.62. The van der Waals surface area contributed by atoms with E-state index in [0.717, 1.165) is 11.3 Å². The van der Waals surface area contributed by atoms with Crippen molar-refractivity contribution in [1.29, 1.82) is 0 Å². The van der Waals surface area contributed by atoms with Gasteiger partial charge in [0, 0.05) is 18.7 Å². The van der Waals surface area contributed by atoms with Crippen molar-refractivity contribution < 1.29 is 17.9 Å². The molecule has 0 atom stereocenters. The Bertz CT molecular complexity index is 846. The molecule has 1 fully saturated rings. The number of hydrogen-bond acceptors (Lipinski definition) is 4. The minimum absolute atomic E-state index is 0.178.